The van der Waals surface area contributed by atoms with Crippen molar-refractivity contribution in [2.75, 3.05) is 18.1 Å². The van der Waals surface area contributed by atoms with Crippen molar-refractivity contribution in [1.29, 1.82) is 0 Å². The van der Waals surface area contributed by atoms with E-state index in [4.69, 9.17) is 26.9 Å². The van der Waals surface area contributed by atoms with Crippen molar-refractivity contribution in [1.82, 2.24) is 14.9 Å². The first-order valence-electron chi connectivity index (χ1n) is 5.27. The standard InChI is InChI=1S/C10H9ClN6O2.2ClH/c11-7-2-9-8(18-5-19-9)1-6(7)3-13-15-10-16-14-4-17(10)12;;/h1-4H,5,12H2,(H,15,16);2*1H/b13-3+;;. The van der Waals surface area contributed by atoms with Crippen LogP contribution in [-0.2, 0) is 0 Å². The van der Waals surface area contributed by atoms with E-state index < -0.39 is 0 Å². The van der Waals surface area contributed by atoms with Gasteiger partial charge in [0.25, 0.3) is 5.95 Å². The minimum atomic E-state index is 0. The van der Waals surface area contributed by atoms with Crippen molar-refractivity contribution in [3.05, 3.63) is 29.0 Å². The lowest BCUT2D eigenvalue weighted by Gasteiger charge is -2.01. The molecular weight excluding hydrogens is 343 g/mol. The zero-order valence-electron chi connectivity index (χ0n) is 10.4. The van der Waals surface area contributed by atoms with Crippen LogP contribution in [0.2, 0.25) is 5.02 Å². The van der Waals surface area contributed by atoms with E-state index in [-0.39, 0.29) is 31.6 Å². The highest BCUT2D eigenvalue weighted by Crippen LogP contribution is 2.36. The van der Waals surface area contributed by atoms with E-state index in [1.807, 2.05) is 0 Å². The third kappa shape index (κ3) is 3.60. The number of benzene rings is 1. The van der Waals surface area contributed by atoms with Gasteiger partial charge < -0.3 is 15.3 Å². The lowest BCUT2D eigenvalue weighted by molar-refractivity contribution is 0.174. The fraction of sp³-hybridized carbons (Fsp3) is 0.100. The van der Waals surface area contributed by atoms with Crippen LogP contribution >= 0.6 is 36.4 Å². The summed E-state index contributed by atoms with van der Waals surface area (Å²) in [6.07, 6.45) is 2.88. The number of hydrogen-bond donors (Lipinski definition) is 2. The predicted octanol–water partition coefficient (Wildman–Crippen LogP) is 1.66. The van der Waals surface area contributed by atoms with Gasteiger partial charge in [0.1, 0.15) is 6.33 Å². The van der Waals surface area contributed by atoms with E-state index in [9.17, 15) is 0 Å². The van der Waals surface area contributed by atoms with Gasteiger partial charge in [-0.3, -0.25) is 0 Å². The molecule has 2 heterocycles. The Kier molecular flexibility index (Phi) is 5.89. The lowest BCUT2D eigenvalue weighted by Crippen LogP contribution is -2.10. The number of hydrazone groups is 1. The molecule has 0 saturated carbocycles. The van der Waals surface area contributed by atoms with Gasteiger partial charge >= 0.3 is 0 Å². The molecule has 0 aliphatic carbocycles. The molecule has 0 unspecified atom stereocenters. The van der Waals surface area contributed by atoms with Crippen molar-refractivity contribution in [2.24, 2.45) is 5.10 Å². The molecule has 1 aliphatic rings. The fourth-order valence-electron chi connectivity index (χ4n) is 1.51. The first kappa shape index (κ1) is 17.2. The number of ether oxygens (including phenoxy) is 2. The Labute approximate surface area is 137 Å². The summed E-state index contributed by atoms with van der Waals surface area (Å²) in [4.78, 5) is 0. The first-order chi connectivity index (χ1) is 9.24. The molecule has 3 rings (SSSR count). The van der Waals surface area contributed by atoms with Crippen LogP contribution in [0.25, 0.3) is 0 Å². The van der Waals surface area contributed by atoms with E-state index in [2.05, 4.69) is 20.7 Å². The Bertz CT molecular complexity index is 648. The highest BCUT2D eigenvalue weighted by molar-refractivity contribution is 6.33. The molecule has 114 valence electrons. The van der Waals surface area contributed by atoms with Gasteiger partial charge in [-0.25, -0.2) is 10.1 Å². The van der Waals surface area contributed by atoms with Gasteiger partial charge in [0.2, 0.25) is 6.79 Å². The number of halogens is 3. The molecule has 0 bridgehead atoms. The highest BCUT2D eigenvalue weighted by atomic mass is 35.5. The van der Waals surface area contributed by atoms with Crippen LogP contribution in [0.1, 0.15) is 5.56 Å². The van der Waals surface area contributed by atoms with Crippen molar-refractivity contribution in [3.63, 3.8) is 0 Å². The van der Waals surface area contributed by atoms with Gasteiger partial charge in [0, 0.05) is 11.6 Å². The quantitative estimate of drug-likeness (QED) is 0.494. The Balaban J connectivity index is 0.00000110. The van der Waals surface area contributed by atoms with Crippen LogP contribution < -0.4 is 20.7 Å². The number of nitrogens with one attached hydrogen (secondary N) is 1. The van der Waals surface area contributed by atoms with Gasteiger partial charge in [-0.05, 0) is 6.07 Å². The van der Waals surface area contributed by atoms with Crippen LogP contribution in [0.4, 0.5) is 5.95 Å². The minimum absolute atomic E-state index is 0. The van der Waals surface area contributed by atoms with E-state index >= 15 is 0 Å². The molecule has 0 spiro atoms. The van der Waals surface area contributed by atoms with E-state index in [1.54, 1.807) is 12.1 Å². The number of nitrogens with zero attached hydrogens (tertiary/aromatic N) is 4. The summed E-state index contributed by atoms with van der Waals surface area (Å²) in [6.45, 7) is 0.195. The number of aromatic nitrogens is 3. The smallest absolute Gasteiger partial charge is 0.263 e. The van der Waals surface area contributed by atoms with E-state index in [0.29, 0.717) is 28.0 Å². The fourth-order valence-corrected chi connectivity index (χ4v) is 1.72. The molecule has 0 radical (unpaired) electrons. The summed E-state index contributed by atoms with van der Waals surface area (Å²) in [5, 5.41) is 11.8. The molecule has 3 N–H and O–H groups in total. The molecule has 11 heteroatoms. The van der Waals surface area contributed by atoms with Crippen molar-refractivity contribution in [2.45, 2.75) is 0 Å². The molecule has 0 atom stereocenters. The molecule has 1 aromatic carbocycles. The number of nitrogens with two attached hydrogens (primary N) is 1. The number of rotatable bonds is 3. The summed E-state index contributed by atoms with van der Waals surface area (Å²) in [6, 6.07) is 3.42. The Morgan fingerprint density at radius 3 is 2.71 bits per heavy atom. The lowest BCUT2D eigenvalue weighted by atomic mass is 10.2. The molecule has 0 fully saturated rings. The van der Waals surface area contributed by atoms with Crippen molar-refractivity contribution < 1.29 is 9.47 Å². The van der Waals surface area contributed by atoms with Crippen LogP contribution in [0.15, 0.2) is 23.6 Å². The Morgan fingerprint density at radius 2 is 2.05 bits per heavy atom. The van der Waals surface area contributed by atoms with Crippen molar-refractivity contribution in [3.8, 4) is 11.5 Å². The van der Waals surface area contributed by atoms with Gasteiger partial charge in [0.05, 0.1) is 11.2 Å². The molecule has 2 aromatic rings. The van der Waals surface area contributed by atoms with E-state index in [0.717, 1.165) is 0 Å². The van der Waals surface area contributed by atoms with Gasteiger partial charge in [-0.15, -0.1) is 35.0 Å². The summed E-state index contributed by atoms with van der Waals surface area (Å²) in [5.41, 5.74) is 3.32. The SMILES string of the molecule is Cl.Cl.Nn1cnnc1N/N=C/c1cc2c(cc1Cl)OCO2. The third-order valence-corrected chi connectivity index (χ3v) is 2.76. The van der Waals surface area contributed by atoms with Crippen LogP contribution in [0.3, 0.4) is 0 Å². The topological polar surface area (TPSA) is 99.6 Å². The maximum absolute atomic E-state index is 6.09. The number of fused-ring (bicyclic) bond motifs is 1. The number of hydrogen-bond acceptors (Lipinski definition) is 7. The summed E-state index contributed by atoms with van der Waals surface area (Å²) < 4.78 is 11.7. The van der Waals surface area contributed by atoms with E-state index in [1.165, 1.54) is 17.2 Å². The zero-order valence-corrected chi connectivity index (χ0v) is 12.8. The minimum Gasteiger partial charge on any atom is -0.454 e. The second-order valence-electron chi connectivity index (χ2n) is 3.66. The molecule has 1 aromatic heterocycles. The number of nitrogen functional groups attached to an aromatic ring is 1. The molecule has 21 heavy (non-hydrogen) atoms. The Hall–Kier alpha value is -1.90. The average Bonchev–Trinajstić information content (AvgIpc) is 2.99. The van der Waals surface area contributed by atoms with Gasteiger partial charge in [0.15, 0.2) is 11.5 Å². The highest BCUT2D eigenvalue weighted by Gasteiger charge is 2.15. The van der Waals surface area contributed by atoms with Crippen LogP contribution in [0, 0.1) is 0 Å². The summed E-state index contributed by atoms with van der Waals surface area (Å²) in [5.74, 6) is 7.08. The second kappa shape index (κ2) is 7.21. The average molecular weight is 354 g/mol. The van der Waals surface area contributed by atoms with Gasteiger partial charge in [-0.2, -0.15) is 5.10 Å². The van der Waals surface area contributed by atoms with Crippen LogP contribution in [-0.4, -0.2) is 27.9 Å². The molecule has 1 aliphatic heterocycles. The third-order valence-electron chi connectivity index (χ3n) is 2.43. The second-order valence-corrected chi connectivity index (χ2v) is 4.07. The molecular formula is C10H11Cl3N6O2. The van der Waals surface area contributed by atoms with Crippen molar-refractivity contribution >= 4 is 48.6 Å². The first-order valence-corrected chi connectivity index (χ1v) is 5.65. The summed E-state index contributed by atoms with van der Waals surface area (Å²) >= 11 is 6.09. The molecule has 0 amide bonds. The maximum Gasteiger partial charge on any atom is 0.263 e. The predicted molar refractivity (Wildman–Crippen MR) is 83.5 cm³/mol. The monoisotopic (exact) mass is 352 g/mol. The van der Waals surface area contributed by atoms with Crippen LogP contribution in [0.5, 0.6) is 11.5 Å². The van der Waals surface area contributed by atoms with Gasteiger partial charge in [-0.1, -0.05) is 11.6 Å². The zero-order chi connectivity index (χ0) is 13.2. The summed E-state index contributed by atoms with van der Waals surface area (Å²) in [7, 11) is 0. The molecule has 8 nitrogen and oxygen atoms in total. The number of anilines is 1. The largest absolute Gasteiger partial charge is 0.454 e. The Morgan fingerprint density at radius 1 is 1.33 bits per heavy atom. The maximum atomic E-state index is 6.09. The normalized spacial score (nSPS) is 11.9. The molecule has 0 saturated heterocycles.